The SMILES string of the molecule is Cc1noc2ncnc(NCc3ccnc(OC4CCCC4)c3)c12. The molecule has 0 spiro atoms. The minimum absolute atomic E-state index is 0.307. The van der Waals surface area contributed by atoms with Crippen molar-refractivity contribution in [1.29, 1.82) is 0 Å². The Labute approximate surface area is 139 Å². The van der Waals surface area contributed by atoms with Crippen LogP contribution in [-0.2, 0) is 6.54 Å². The zero-order valence-electron chi connectivity index (χ0n) is 13.5. The summed E-state index contributed by atoms with van der Waals surface area (Å²) in [6.07, 6.45) is 8.28. The minimum Gasteiger partial charge on any atom is -0.474 e. The van der Waals surface area contributed by atoms with Crippen molar-refractivity contribution in [2.75, 3.05) is 5.32 Å². The molecule has 0 atom stereocenters. The number of aromatic nitrogens is 4. The van der Waals surface area contributed by atoms with Gasteiger partial charge >= 0.3 is 0 Å². The lowest BCUT2D eigenvalue weighted by atomic mass is 10.2. The first-order valence-electron chi connectivity index (χ1n) is 8.22. The Hall–Kier alpha value is -2.70. The van der Waals surface area contributed by atoms with Gasteiger partial charge in [0.15, 0.2) is 0 Å². The highest BCUT2D eigenvalue weighted by molar-refractivity contribution is 5.87. The molecule has 24 heavy (non-hydrogen) atoms. The van der Waals surface area contributed by atoms with E-state index in [0.717, 1.165) is 29.5 Å². The molecule has 0 unspecified atom stereocenters. The summed E-state index contributed by atoms with van der Waals surface area (Å²) in [7, 11) is 0. The molecule has 1 aliphatic rings. The molecule has 7 nitrogen and oxygen atoms in total. The van der Waals surface area contributed by atoms with Crippen molar-refractivity contribution in [3.8, 4) is 5.88 Å². The van der Waals surface area contributed by atoms with Crippen LogP contribution in [0.3, 0.4) is 0 Å². The van der Waals surface area contributed by atoms with E-state index in [1.54, 1.807) is 6.20 Å². The van der Waals surface area contributed by atoms with E-state index in [1.807, 2.05) is 19.1 Å². The maximum Gasteiger partial charge on any atom is 0.263 e. The summed E-state index contributed by atoms with van der Waals surface area (Å²) < 4.78 is 11.1. The molecule has 1 aliphatic carbocycles. The number of pyridine rings is 1. The van der Waals surface area contributed by atoms with Crippen LogP contribution >= 0.6 is 0 Å². The Kier molecular flexibility index (Phi) is 3.98. The number of nitrogens with one attached hydrogen (secondary N) is 1. The molecule has 0 saturated heterocycles. The molecule has 0 radical (unpaired) electrons. The molecular formula is C17H19N5O2. The third-order valence-corrected chi connectivity index (χ3v) is 4.29. The first-order chi connectivity index (χ1) is 11.8. The molecule has 124 valence electrons. The normalized spacial score (nSPS) is 15.0. The first-order valence-corrected chi connectivity index (χ1v) is 8.22. The number of aryl methyl sites for hydroxylation is 1. The first kappa shape index (κ1) is 14.9. The summed E-state index contributed by atoms with van der Waals surface area (Å²) in [5.74, 6) is 1.41. The molecule has 3 heterocycles. The van der Waals surface area contributed by atoms with Crippen LogP contribution in [0, 0.1) is 6.92 Å². The highest BCUT2D eigenvalue weighted by Crippen LogP contribution is 2.25. The van der Waals surface area contributed by atoms with Crippen molar-refractivity contribution in [2.24, 2.45) is 0 Å². The van der Waals surface area contributed by atoms with Crippen LogP contribution in [0.2, 0.25) is 0 Å². The van der Waals surface area contributed by atoms with Gasteiger partial charge in [-0.15, -0.1) is 0 Å². The van der Waals surface area contributed by atoms with Gasteiger partial charge in [-0.1, -0.05) is 5.16 Å². The lowest BCUT2D eigenvalue weighted by molar-refractivity contribution is 0.201. The second kappa shape index (κ2) is 6.43. The van der Waals surface area contributed by atoms with Gasteiger partial charge in [-0.2, -0.15) is 4.98 Å². The molecule has 0 aromatic carbocycles. The van der Waals surface area contributed by atoms with Crippen LogP contribution in [0.15, 0.2) is 29.2 Å². The fourth-order valence-electron chi connectivity index (χ4n) is 3.04. The van der Waals surface area contributed by atoms with E-state index in [1.165, 1.54) is 19.2 Å². The number of hydrogen-bond donors (Lipinski definition) is 1. The van der Waals surface area contributed by atoms with Crippen LogP contribution in [0.5, 0.6) is 5.88 Å². The number of nitrogens with zero attached hydrogens (tertiary/aromatic N) is 4. The van der Waals surface area contributed by atoms with E-state index in [4.69, 9.17) is 9.26 Å². The molecule has 0 aliphatic heterocycles. The summed E-state index contributed by atoms with van der Waals surface area (Å²) in [4.78, 5) is 12.7. The number of fused-ring (bicyclic) bond motifs is 1. The molecule has 1 fully saturated rings. The summed E-state index contributed by atoms with van der Waals surface area (Å²) in [5, 5.41) is 8.07. The van der Waals surface area contributed by atoms with E-state index < -0.39 is 0 Å². The second-order valence-electron chi connectivity index (χ2n) is 6.05. The fourth-order valence-corrected chi connectivity index (χ4v) is 3.04. The Morgan fingerprint density at radius 2 is 2.12 bits per heavy atom. The average Bonchev–Trinajstić information content (AvgIpc) is 3.24. The molecule has 3 aromatic rings. The zero-order chi connectivity index (χ0) is 16.4. The molecule has 4 rings (SSSR count). The average molecular weight is 325 g/mol. The molecule has 0 bridgehead atoms. The third-order valence-electron chi connectivity index (χ3n) is 4.29. The lowest BCUT2D eigenvalue weighted by Crippen LogP contribution is -2.12. The van der Waals surface area contributed by atoms with Gasteiger partial charge < -0.3 is 14.6 Å². The number of hydrogen-bond acceptors (Lipinski definition) is 7. The standard InChI is InChI=1S/C17H19N5O2/c1-11-15-16(20-10-21-17(15)24-22-11)19-9-12-6-7-18-14(8-12)23-13-4-2-3-5-13/h6-8,10,13H,2-5,9H2,1H3,(H,19,20,21). The Morgan fingerprint density at radius 1 is 1.25 bits per heavy atom. The zero-order valence-corrected chi connectivity index (χ0v) is 13.5. The quantitative estimate of drug-likeness (QED) is 0.770. The third kappa shape index (κ3) is 3.02. The maximum absolute atomic E-state index is 5.96. The number of anilines is 1. The largest absolute Gasteiger partial charge is 0.474 e. The van der Waals surface area contributed by atoms with Gasteiger partial charge in [-0.3, -0.25) is 0 Å². The topological polar surface area (TPSA) is 86.0 Å². The Morgan fingerprint density at radius 3 is 3.00 bits per heavy atom. The van der Waals surface area contributed by atoms with Crippen molar-refractivity contribution in [2.45, 2.75) is 45.3 Å². The monoisotopic (exact) mass is 325 g/mol. The van der Waals surface area contributed by atoms with E-state index in [9.17, 15) is 0 Å². The predicted molar refractivity (Wildman–Crippen MR) is 88.8 cm³/mol. The van der Waals surface area contributed by atoms with Crippen molar-refractivity contribution >= 4 is 16.9 Å². The highest BCUT2D eigenvalue weighted by atomic mass is 16.5. The van der Waals surface area contributed by atoms with E-state index >= 15 is 0 Å². The van der Waals surface area contributed by atoms with Gasteiger partial charge in [-0.05, 0) is 44.2 Å². The van der Waals surface area contributed by atoms with E-state index in [0.29, 0.717) is 30.1 Å². The van der Waals surface area contributed by atoms with Crippen molar-refractivity contribution in [3.63, 3.8) is 0 Å². The molecule has 7 heteroatoms. The van der Waals surface area contributed by atoms with Gasteiger partial charge in [0.2, 0.25) is 5.88 Å². The van der Waals surface area contributed by atoms with Crippen LogP contribution in [0.4, 0.5) is 5.82 Å². The van der Waals surface area contributed by atoms with E-state index in [-0.39, 0.29) is 0 Å². The molecular weight excluding hydrogens is 306 g/mol. The Bertz CT molecular complexity index is 842. The minimum atomic E-state index is 0.307. The summed E-state index contributed by atoms with van der Waals surface area (Å²) in [6.45, 7) is 2.49. The van der Waals surface area contributed by atoms with E-state index in [2.05, 4.69) is 25.4 Å². The second-order valence-corrected chi connectivity index (χ2v) is 6.05. The van der Waals surface area contributed by atoms with Crippen molar-refractivity contribution in [3.05, 3.63) is 35.9 Å². The summed E-state index contributed by atoms with van der Waals surface area (Å²) in [6, 6.07) is 3.94. The smallest absolute Gasteiger partial charge is 0.263 e. The van der Waals surface area contributed by atoms with Gasteiger partial charge in [0.05, 0.1) is 5.69 Å². The predicted octanol–water partition coefficient (Wildman–Crippen LogP) is 3.25. The van der Waals surface area contributed by atoms with Gasteiger partial charge in [0, 0.05) is 18.8 Å². The number of rotatable bonds is 5. The van der Waals surface area contributed by atoms with Crippen LogP contribution in [-0.4, -0.2) is 26.2 Å². The van der Waals surface area contributed by atoms with Gasteiger partial charge in [0.1, 0.15) is 23.6 Å². The maximum atomic E-state index is 5.96. The number of ether oxygens (including phenoxy) is 1. The Balaban J connectivity index is 1.48. The summed E-state index contributed by atoms with van der Waals surface area (Å²) in [5.41, 5.74) is 2.34. The molecule has 1 saturated carbocycles. The van der Waals surface area contributed by atoms with Crippen molar-refractivity contribution < 1.29 is 9.26 Å². The van der Waals surface area contributed by atoms with Gasteiger partial charge in [0.25, 0.3) is 5.71 Å². The highest BCUT2D eigenvalue weighted by Gasteiger charge is 2.17. The van der Waals surface area contributed by atoms with Gasteiger partial charge in [-0.25, -0.2) is 9.97 Å². The fraction of sp³-hybridized carbons (Fsp3) is 0.412. The molecule has 0 amide bonds. The van der Waals surface area contributed by atoms with Crippen LogP contribution in [0.1, 0.15) is 36.9 Å². The summed E-state index contributed by atoms with van der Waals surface area (Å²) >= 11 is 0. The van der Waals surface area contributed by atoms with Crippen LogP contribution in [0.25, 0.3) is 11.1 Å². The lowest BCUT2D eigenvalue weighted by Gasteiger charge is -2.13. The van der Waals surface area contributed by atoms with Crippen molar-refractivity contribution in [1.82, 2.24) is 20.1 Å². The molecule has 3 aromatic heterocycles. The molecule has 1 N–H and O–H groups in total. The van der Waals surface area contributed by atoms with Crippen LogP contribution < -0.4 is 10.1 Å².